The van der Waals surface area contributed by atoms with Crippen molar-refractivity contribution in [1.82, 2.24) is 25.7 Å². The highest BCUT2D eigenvalue weighted by Gasteiger charge is 2.32. The molecule has 3 rings (SSSR count). The molecule has 0 aromatic carbocycles. The topological polar surface area (TPSA) is 116 Å². The molecule has 2 aromatic rings. The predicted octanol–water partition coefficient (Wildman–Crippen LogP) is 1.70. The van der Waals surface area contributed by atoms with E-state index in [9.17, 15) is 9.59 Å². The fourth-order valence-corrected chi connectivity index (χ4v) is 3.27. The Morgan fingerprint density at radius 1 is 1.24 bits per heavy atom. The van der Waals surface area contributed by atoms with Crippen molar-refractivity contribution in [2.75, 3.05) is 5.32 Å². The molecule has 0 unspecified atom stereocenters. The number of carbonyl (C=O) groups is 2. The van der Waals surface area contributed by atoms with Crippen LogP contribution >= 0.6 is 0 Å². The molecule has 1 saturated carbocycles. The first kappa shape index (κ1) is 17.2. The number of hydrogen-bond donors (Lipinski definition) is 4. The maximum atomic E-state index is 12.1. The van der Waals surface area contributed by atoms with Crippen molar-refractivity contribution in [2.45, 2.75) is 58.4 Å². The number of rotatable bonds is 6. The van der Waals surface area contributed by atoms with Crippen LogP contribution in [0.3, 0.4) is 0 Å². The van der Waals surface area contributed by atoms with Gasteiger partial charge in [0.15, 0.2) is 0 Å². The third kappa shape index (κ3) is 4.07. The summed E-state index contributed by atoms with van der Waals surface area (Å²) in [5, 5.41) is 20.0. The molecule has 8 heteroatoms. The lowest BCUT2D eigenvalue weighted by Crippen LogP contribution is -2.42. The molecule has 0 atom stereocenters. The van der Waals surface area contributed by atoms with E-state index in [2.05, 4.69) is 31.0 Å². The highest BCUT2D eigenvalue weighted by molar-refractivity contribution is 5.89. The minimum absolute atomic E-state index is 0.00141. The van der Waals surface area contributed by atoms with E-state index in [1.54, 1.807) is 0 Å². The van der Waals surface area contributed by atoms with Gasteiger partial charge in [-0.3, -0.25) is 19.8 Å². The first-order chi connectivity index (χ1) is 11.9. The van der Waals surface area contributed by atoms with Crippen LogP contribution in [-0.4, -0.2) is 38.3 Å². The van der Waals surface area contributed by atoms with Crippen LogP contribution in [0.4, 0.5) is 5.82 Å². The molecule has 1 fully saturated rings. The normalized spacial score (nSPS) is 19.3. The maximum Gasteiger partial charge on any atom is 0.225 e. The van der Waals surface area contributed by atoms with Crippen LogP contribution in [0.5, 0.6) is 0 Å². The first-order valence-corrected chi connectivity index (χ1v) is 8.55. The molecular weight excluding hydrogens is 320 g/mol. The molecule has 4 N–H and O–H groups in total. The van der Waals surface area contributed by atoms with Crippen LogP contribution in [0, 0.1) is 13.8 Å². The Bertz CT molecular complexity index is 752. The number of aromatic nitrogens is 4. The van der Waals surface area contributed by atoms with E-state index in [4.69, 9.17) is 0 Å². The molecule has 2 amide bonds. The largest absolute Gasteiger partial charge is 0.354 e. The molecule has 134 valence electrons. The molecule has 0 bridgehead atoms. The van der Waals surface area contributed by atoms with Crippen molar-refractivity contribution >= 4 is 17.6 Å². The van der Waals surface area contributed by atoms with Gasteiger partial charge in [0.1, 0.15) is 5.82 Å². The number of aryl methyl sites for hydroxylation is 2. The number of carbonyl (C=O) groups excluding carboxylic acids is 2. The summed E-state index contributed by atoms with van der Waals surface area (Å²) in [6.45, 7) is 5.42. The lowest BCUT2D eigenvalue weighted by Gasteiger charge is -2.34. The lowest BCUT2D eigenvalue weighted by molar-refractivity contribution is -0.120. The van der Waals surface area contributed by atoms with Gasteiger partial charge in [0.05, 0.1) is 11.4 Å². The first-order valence-electron chi connectivity index (χ1n) is 8.55. The highest BCUT2D eigenvalue weighted by Crippen LogP contribution is 2.36. The van der Waals surface area contributed by atoms with Gasteiger partial charge in [-0.1, -0.05) is 0 Å². The SMILES string of the molecule is CC(=O)NC1CC(c2cc(NC(=O)CCc3c(C)n[nH]c3C)[nH]n2)C1. The molecule has 1 aliphatic rings. The van der Waals surface area contributed by atoms with Crippen LogP contribution in [0.2, 0.25) is 0 Å². The van der Waals surface area contributed by atoms with Crippen LogP contribution in [-0.2, 0) is 16.0 Å². The van der Waals surface area contributed by atoms with Crippen molar-refractivity contribution in [3.8, 4) is 0 Å². The van der Waals surface area contributed by atoms with E-state index in [-0.39, 0.29) is 17.9 Å². The van der Waals surface area contributed by atoms with Crippen molar-refractivity contribution in [2.24, 2.45) is 0 Å². The van der Waals surface area contributed by atoms with Crippen LogP contribution in [0.25, 0.3) is 0 Å². The molecule has 0 radical (unpaired) electrons. The van der Waals surface area contributed by atoms with Gasteiger partial charge in [0.2, 0.25) is 11.8 Å². The molecule has 0 aliphatic heterocycles. The minimum atomic E-state index is -0.0556. The van der Waals surface area contributed by atoms with Gasteiger partial charge in [-0.25, -0.2) is 0 Å². The van der Waals surface area contributed by atoms with Crippen molar-refractivity contribution in [3.05, 3.63) is 28.7 Å². The van der Waals surface area contributed by atoms with E-state index in [0.717, 1.165) is 35.5 Å². The average molecular weight is 344 g/mol. The van der Waals surface area contributed by atoms with Gasteiger partial charge >= 0.3 is 0 Å². The number of hydrogen-bond acceptors (Lipinski definition) is 4. The Labute approximate surface area is 146 Å². The van der Waals surface area contributed by atoms with E-state index >= 15 is 0 Å². The summed E-state index contributed by atoms with van der Waals surface area (Å²) < 4.78 is 0. The third-order valence-corrected chi connectivity index (χ3v) is 4.72. The number of amides is 2. The molecule has 25 heavy (non-hydrogen) atoms. The molecule has 2 heterocycles. The Kier molecular flexibility index (Phi) is 4.87. The average Bonchev–Trinajstić information content (AvgIpc) is 3.08. The van der Waals surface area contributed by atoms with Crippen molar-refractivity contribution in [3.63, 3.8) is 0 Å². The van der Waals surface area contributed by atoms with Gasteiger partial charge in [-0.05, 0) is 38.7 Å². The quantitative estimate of drug-likeness (QED) is 0.638. The smallest absolute Gasteiger partial charge is 0.225 e. The van der Waals surface area contributed by atoms with E-state index in [0.29, 0.717) is 24.6 Å². The number of anilines is 1. The second kappa shape index (κ2) is 7.08. The summed E-state index contributed by atoms with van der Waals surface area (Å²) in [6.07, 6.45) is 2.82. The fraction of sp³-hybridized carbons (Fsp3) is 0.529. The Balaban J connectivity index is 1.47. The molecular formula is C17H24N6O2. The zero-order valence-electron chi connectivity index (χ0n) is 14.8. The molecule has 0 spiro atoms. The van der Waals surface area contributed by atoms with E-state index in [1.807, 2.05) is 19.9 Å². The van der Waals surface area contributed by atoms with E-state index < -0.39 is 0 Å². The van der Waals surface area contributed by atoms with Crippen LogP contribution < -0.4 is 10.6 Å². The summed E-state index contributed by atoms with van der Waals surface area (Å²) in [5.74, 6) is 0.889. The van der Waals surface area contributed by atoms with Crippen LogP contribution in [0.15, 0.2) is 6.07 Å². The molecule has 0 saturated heterocycles. The fourth-order valence-electron chi connectivity index (χ4n) is 3.27. The lowest BCUT2D eigenvalue weighted by atomic mass is 9.78. The van der Waals surface area contributed by atoms with Gasteiger partial charge in [0, 0.05) is 37.1 Å². The predicted molar refractivity (Wildman–Crippen MR) is 93.2 cm³/mol. The number of nitrogens with zero attached hydrogens (tertiary/aromatic N) is 2. The highest BCUT2D eigenvalue weighted by atomic mass is 16.2. The summed E-state index contributed by atoms with van der Waals surface area (Å²) in [5.41, 5.74) is 3.97. The summed E-state index contributed by atoms with van der Waals surface area (Å²) >= 11 is 0. The number of aromatic amines is 2. The molecule has 2 aromatic heterocycles. The monoisotopic (exact) mass is 344 g/mol. The van der Waals surface area contributed by atoms with Gasteiger partial charge < -0.3 is 10.6 Å². The third-order valence-electron chi connectivity index (χ3n) is 4.72. The summed E-state index contributed by atoms with van der Waals surface area (Å²) in [4.78, 5) is 23.1. The zero-order chi connectivity index (χ0) is 18.0. The van der Waals surface area contributed by atoms with Crippen molar-refractivity contribution in [1.29, 1.82) is 0 Å². The summed E-state index contributed by atoms with van der Waals surface area (Å²) in [6, 6.07) is 2.11. The minimum Gasteiger partial charge on any atom is -0.354 e. The Morgan fingerprint density at radius 3 is 2.64 bits per heavy atom. The Morgan fingerprint density at radius 2 is 2.00 bits per heavy atom. The summed E-state index contributed by atoms with van der Waals surface area (Å²) in [7, 11) is 0. The molecule has 8 nitrogen and oxygen atoms in total. The standard InChI is InChI=1S/C17H24N6O2/c1-9-14(10(2)21-20-9)4-5-17(25)19-16-8-15(22-23-16)12-6-13(7-12)18-11(3)24/h8,12-13H,4-7H2,1-3H3,(H,18,24)(H,20,21)(H2,19,22,23,25). The maximum absolute atomic E-state index is 12.1. The van der Waals surface area contributed by atoms with Gasteiger partial charge in [-0.15, -0.1) is 0 Å². The van der Waals surface area contributed by atoms with Gasteiger partial charge in [0.25, 0.3) is 0 Å². The number of H-pyrrole nitrogens is 2. The Hall–Kier alpha value is -2.64. The second-order valence-corrected chi connectivity index (χ2v) is 6.73. The molecule has 1 aliphatic carbocycles. The van der Waals surface area contributed by atoms with Crippen LogP contribution in [0.1, 0.15) is 54.7 Å². The second-order valence-electron chi connectivity index (χ2n) is 6.73. The van der Waals surface area contributed by atoms with Gasteiger partial charge in [-0.2, -0.15) is 10.2 Å². The van der Waals surface area contributed by atoms with Crippen molar-refractivity contribution < 1.29 is 9.59 Å². The van der Waals surface area contributed by atoms with E-state index in [1.165, 1.54) is 6.92 Å². The number of nitrogens with one attached hydrogen (secondary N) is 4. The zero-order valence-corrected chi connectivity index (χ0v) is 14.8.